The van der Waals surface area contributed by atoms with Crippen LogP contribution >= 0.6 is 22.9 Å². The first-order chi connectivity index (χ1) is 22.4. The van der Waals surface area contributed by atoms with E-state index in [0.29, 0.717) is 39.2 Å². The number of halogens is 2. The summed E-state index contributed by atoms with van der Waals surface area (Å²) in [6.07, 6.45) is 0.535. The lowest BCUT2D eigenvalue weighted by molar-refractivity contribution is -0.155. The summed E-state index contributed by atoms with van der Waals surface area (Å²) in [6, 6.07) is 24.4. The third kappa shape index (κ3) is 6.31. The highest BCUT2D eigenvalue weighted by atomic mass is 35.5. The molecule has 1 unspecified atom stereocenters. The van der Waals surface area contributed by atoms with E-state index in [1.54, 1.807) is 36.4 Å². The zero-order valence-electron chi connectivity index (χ0n) is 24.2. The number of carbonyl (C=O) groups is 1. The van der Waals surface area contributed by atoms with Gasteiger partial charge in [0.15, 0.2) is 0 Å². The van der Waals surface area contributed by atoms with Crippen LogP contribution in [0.4, 0.5) is 15.9 Å². The molecule has 1 atom stereocenters. The fourth-order valence-electron chi connectivity index (χ4n) is 5.16. The molecule has 0 aliphatic carbocycles. The smallest absolute Gasteiger partial charge is 0.277 e. The number of rotatable bonds is 10. The van der Waals surface area contributed by atoms with Gasteiger partial charge in [-0.15, -0.1) is 11.3 Å². The van der Waals surface area contributed by atoms with Crippen molar-refractivity contribution in [1.29, 1.82) is 0 Å². The molecule has 232 valence electrons. The summed E-state index contributed by atoms with van der Waals surface area (Å²) >= 11 is 8.00. The van der Waals surface area contributed by atoms with Crippen LogP contribution in [0.3, 0.4) is 0 Å². The van der Waals surface area contributed by atoms with E-state index in [1.165, 1.54) is 34.9 Å². The first kappa shape index (κ1) is 29.9. The number of thiophene rings is 1. The van der Waals surface area contributed by atoms with Crippen LogP contribution in [0.5, 0.6) is 11.5 Å². The number of aliphatic hydroxyl groups excluding tert-OH is 1. The highest BCUT2D eigenvalue weighted by Crippen LogP contribution is 2.39. The van der Waals surface area contributed by atoms with E-state index in [4.69, 9.17) is 25.9 Å². The van der Waals surface area contributed by atoms with Gasteiger partial charge in [-0.1, -0.05) is 41.9 Å². The summed E-state index contributed by atoms with van der Waals surface area (Å²) in [7, 11) is 0. The first-order valence-corrected chi connectivity index (χ1v) is 15.6. The molecule has 2 aromatic heterocycles. The van der Waals surface area contributed by atoms with E-state index in [0.717, 1.165) is 25.9 Å². The Morgan fingerprint density at radius 1 is 1.04 bits per heavy atom. The molecular weight excluding hydrogens is 631 g/mol. The predicted molar refractivity (Wildman–Crippen MR) is 174 cm³/mol. The number of ether oxygens (including phenoxy) is 2. The quantitative estimate of drug-likeness (QED) is 0.158. The summed E-state index contributed by atoms with van der Waals surface area (Å²) in [5, 5.41) is 17.3. The Kier molecular flexibility index (Phi) is 8.37. The minimum Gasteiger partial charge on any atom is -0.491 e. The lowest BCUT2D eigenvalue weighted by atomic mass is 10.1. The number of aromatic nitrogens is 2. The van der Waals surface area contributed by atoms with Crippen LogP contribution in [-0.2, 0) is 18.1 Å². The number of aliphatic hydroxyl groups is 1. The number of fused-ring (bicyclic) bond motifs is 4. The number of nitrogens with zero attached hydrogens (tertiary/aromatic N) is 3. The van der Waals surface area contributed by atoms with Gasteiger partial charge in [-0.3, -0.25) is 9.63 Å². The van der Waals surface area contributed by atoms with Crippen LogP contribution in [0.15, 0.2) is 91.3 Å². The predicted octanol–water partition coefficient (Wildman–Crippen LogP) is 7.29. The maximum atomic E-state index is 13.5. The van der Waals surface area contributed by atoms with Gasteiger partial charge < -0.3 is 19.9 Å². The molecule has 0 saturated carbocycles. The number of hydrogen-bond donors (Lipinski definition) is 2. The largest absolute Gasteiger partial charge is 0.491 e. The van der Waals surface area contributed by atoms with Crippen molar-refractivity contribution in [3.05, 3.63) is 119 Å². The van der Waals surface area contributed by atoms with Crippen molar-refractivity contribution >= 4 is 60.7 Å². The van der Waals surface area contributed by atoms with Crippen LogP contribution < -0.4 is 14.8 Å². The maximum absolute atomic E-state index is 13.5. The van der Waals surface area contributed by atoms with Gasteiger partial charge in [0.25, 0.3) is 5.91 Å². The highest BCUT2D eigenvalue weighted by molar-refractivity contribution is 7.25. The summed E-state index contributed by atoms with van der Waals surface area (Å²) in [5.41, 5.74) is 2.79. The molecule has 0 radical (unpaired) electrons. The second-order valence-electron chi connectivity index (χ2n) is 10.6. The molecule has 2 N–H and O–H groups in total. The molecule has 12 heteroatoms. The molecule has 1 amide bonds. The second-order valence-corrected chi connectivity index (χ2v) is 12.1. The van der Waals surface area contributed by atoms with Crippen molar-refractivity contribution < 1.29 is 28.6 Å². The zero-order chi connectivity index (χ0) is 31.6. The van der Waals surface area contributed by atoms with E-state index in [1.807, 2.05) is 36.4 Å². The number of nitrogens with one attached hydrogen (secondary N) is 1. The number of β-amino-alcohol motifs (C(OH)–C–C–N with tert-alkyl or cyclic N) is 1. The van der Waals surface area contributed by atoms with Crippen LogP contribution in [-0.4, -0.2) is 45.3 Å². The lowest BCUT2D eigenvalue weighted by Crippen LogP contribution is -2.42. The number of hydrogen-bond acceptors (Lipinski definition) is 9. The van der Waals surface area contributed by atoms with Crippen molar-refractivity contribution in [2.45, 2.75) is 19.3 Å². The summed E-state index contributed by atoms with van der Waals surface area (Å²) < 4.78 is 26.1. The van der Waals surface area contributed by atoms with Gasteiger partial charge in [-0.05, 0) is 65.7 Å². The zero-order valence-corrected chi connectivity index (χ0v) is 25.7. The standard InChI is InChI=1S/C34H26ClFN4O5S/c35-28-13-23(8-11-29(28)44-16-20-4-3-6-22(36)12-20)39-32-31-27-10-9-25(14-30(27)46-33(31)38-19-37-32)43-18-24(41)15-40-34(42)26-7-2-1-5-21(26)17-45-40/h1-14,19,24,41H,15-18H2,(H,37,38,39). The SMILES string of the molecule is O=C1c2ccccc2CON1CC(O)COc1ccc2c(c1)sc1ncnc(Nc3ccc(OCc4cccc(F)c4)c(Cl)c3)c12. The summed E-state index contributed by atoms with van der Waals surface area (Å²) in [4.78, 5) is 28.0. The first-order valence-electron chi connectivity index (χ1n) is 14.4. The number of carbonyl (C=O) groups excluding carboxylic acids is 1. The normalized spacial score (nSPS) is 13.5. The van der Waals surface area contributed by atoms with E-state index in [2.05, 4.69) is 15.3 Å². The molecule has 1 aliphatic heterocycles. The van der Waals surface area contributed by atoms with E-state index >= 15 is 0 Å². The molecule has 6 aromatic rings. The van der Waals surface area contributed by atoms with Crippen molar-refractivity contribution in [1.82, 2.24) is 15.0 Å². The molecule has 0 bridgehead atoms. The number of amides is 1. The Balaban J connectivity index is 1.02. The van der Waals surface area contributed by atoms with Crippen LogP contribution in [0, 0.1) is 5.82 Å². The molecule has 3 heterocycles. The number of anilines is 2. The molecule has 46 heavy (non-hydrogen) atoms. The van der Waals surface area contributed by atoms with E-state index in [9.17, 15) is 14.3 Å². The van der Waals surface area contributed by atoms with Gasteiger partial charge in [0.1, 0.15) is 60.2 Å². The minimum absolute atomic E-state index is 0.0208. The molecular formula is C34H26ClFN4O5S. The van der Waals surface area contributed by atoms with Crippen LogP contribution in [0.2, 0.25) is 5.02 Å². The molecule has 9 nitrogen and oxygen atoms in total. The average molecular weight is 657 g/mol. The Bertz CT molecular complexity index is 2080. The maximum Gasteiger partial charge on any atom is 0.277 e. The lowest BCUT2D eigenvalue weighted by Gasteiger charge is -2.29. The Labute approximate surface area is 271 Å². The third-order valence-electron chi connectivity index (χ3n) is 7.39. The van der Waals surface area contributed by atoms with E-state index in [-0.39, 0.29) is 38.1 Å². The fraction of sp³-hybridized carbons (Fsp3) is 0.147. The van der Waals surface area contributed by atoms with Gasteiger partial charge in [-0.2, -0.15) is 0 Å². The van der Waals surface area contributed by atoms with Gasteiger partial charge in [0.2, 0.25) is 0 Å². The topological polar surface area (TPSA) is 106 Å². The second kappa shape index (κ2) is 12.9. The molecule has 1 aliphatic rings. The monoisotopic (exact) mass is 656 g/mol. The molecule has 4 aromatic carbocycles. The average Bonchev–Trinajstić information content (AvgIpc) is 3.44. The van der Waals surface area contributed by atoms with E-state index < -0.39 is 6.10 Å². The van der Waals surface area contributed by atoms with Gasteiger partial charge >= 0.3 is 0 Å². The van der Waals surface area contributed by atoms with Gasteiger partial charge in [0.05, 0.1) is 17.0 Å². The summed E-state index contributed by atoms with van der Waals surface area (Å²) in [6.45, 7) is 0.403. The number of benzene rings is 4. The Morgan fingerprint density at radius 2 is 1.93 bits per heavy atom. The van der Waals surface area contributed by atoms with Gasteiger partial charge in [-0.25, -0.2) is 19.4 Å². The van der Waals surface area contributed by atoms with Crippen molar-refractivity contribution in [3.63, 3.8) is 0 Å². The Hall–Kier alpha value is -4.81. The van der Waals surface area contributed by atoms with Crippen molar-refractivity contribution in [2.75, 3.05) is 18.5 Å². The minimum atomic E-state index is -0.959. The number of hydroxylamine groups is 2. The molecule has 7 rings (SSSR count). The van der Waals surface area contributed by atoms with Crippen LogP contribution in [0.1, 0.15) is 21.5 Å². The third-order valence-corrected chi connectivity index (χ3v) is 8.74. The highest BCUT2D eigenvalue weighted by Gasteiger charge is 2.27. The van der Waals surface area contributed by atoms with Crippen molar-refractivity contribution in [3.8, 4) is 11.5 Å². The molecule has 0 saturated heterocycles. The Morgan fingerprint density at radius 3 is 2.80 bits per heavy atom. The fourth-order valence-corrected chi connectivity index (χ4v) is 6.47. The van der Waals surface area contributed by atoms with Gasteiger partial charge in [0, 0.05) is 21.3 Å². The van der Waals surface area contributed by atoms with Crippen LogP contribution in [0.25, 0.3) is 20.3 Å². The molecule has 0 spiro atoms. The van der Waals surface area contributed by atoms with Crippen molar-refractivity contribution in [2.24, 2.45) is 0 Å². The molecule has 0 fully saturated rings. The summed E-state index contributed by atoms with van der Waals surface area (Å²) in [5.74, 6) is 1.04.